The quantitative estimate of drug-likeness (QED) is 0.313. The van der Waals surface area contributed by atoms with E-state index in [9.17, 15) is 18.3 Å². The molecule has 0 aromatic carbocycles. The summed E-state index contributed by atoms with van der Waals surface area (Å²) in [6.07, 6.45) is -2.33. The third kappa shape index (κ3) is 8.70. The van der Waals surface area contributed by atoms with Crippen molar-refractivity contribution < 1.29 is 27.8 Å². The smallest absolute Gasteiger partial charge is 0.396 e. The maximum absolute atomic E-state index is 11.9. The first-order valence-electron chi connectivity index (χ1n) is 8.26. The number of hydrogen-bond donors (Lipinski definition) is 3. The van der Waals surface area contributed by atoms with E-state index in [-0.39, 0.29) is 18.6 Å². The van der Waals surface area contributed by atoms with Gasteiger partial charge in [-0.1, -0.05) is 0 Å². The number of aliphatic imine (C=N–C) groups is 1. The molecule has 1 atom stereocenters. The number of alkyl halides is 3. The molecule has 1 fully saturated rings. The fraction of sp³-hybridized carbons (Fsp3) is 0.933. The van der Waals surface area contributed by atoms with Gasteiger partial charge in [-0.3, -0.25) is 4.99 Å². The van der Waals surface area contributed by atoms with Crippen LogP contribution >= 0.6 is 0 Å². The number of halogens is 3. The van der Waals surface area contributed by atoms with Crippen LogP contribution in [0.1, 0.15) is 26.2 Å². The van der Waals surface area contributed by atoms with Crippen LogP contribution in [0.3, 0.4) is 0 Å². The summed E-state index contributed by atoms with van der Waals surface area (Å²) in [5.74, 6) is 0.609. The monoisotopic (exact) mass is 355 g/mol. The summed E-state index contributed by atoms with van der Waals surface area (Å²) in [6, 6.07) is 0. The average Bonchev–Trinajstić information content (AvgIpc) is 2.96. The SMILES string of the molecule is CCNC(=NCC1(CCO)CCOC1)NCCCOCC(F)(F)F. The Morgan fingerprint density at radius 3 is 2.75 bits per heavy atom. The lowest BCUT2D eigenvalue weighted by Crippen LogP contribution is -2.39. The minimum Gasteiger partial charge on any atom is -0.396 e. The lowest BCUT2D eigenvalue weighted by Gasteiger charge is -2.24. The number of aliphatic hydroxyl groups excluding tert-OH is 1. The lowest BCUT2D eigenvalue weighted by molar-refractivity contribution is -0.173. The second-order valence-electron chi connectivity index (χ2n) is 5.92. The van der Waals surface area contributed by atoms with Gasteiger partial charge in [-0.05, 0) is 26.2 Å². The van der Waals surface area contributed by atoms with Gasteiger partial charge in [0.2, 0.25) is 0 Å². The van der Waals surface area contributed by atoms with Crippen LogP contribution in [0.15, 0.2) is 4.99 Å². The molecule has 0 radical (unpaired) electrons. The molecule has 1 aliphatic heterocycles. The van der Waals surface area contributed by atoms with Gasteiger partial charge in [-0.25, -0.2) is 0 Å². The average molecular weight is 355 g/mol. The molecule has 0 saturated carbocycles. The topological polar surface area (TPSA) is 75.1 Å². The van der Waals surface area contributed by atoms with E-state index in [0.29, 0.717) is 51.6 Å². The van der Waals surface area contributed by atoms with Crippen molar-refractivity contribution in [2.45, 2.75) is 32.4 Å². The molecular weight excluding hydrogens is 327 g/mol. The fourth-order valence-electron chi connectivity index (χ4n) is 2.45. The van der Waals surface area contributed by atoms with Crippen molar-refractivity contribution in [3.8, 4) is 0 Å². The Morgan fingerprint density at radius 2 is 2.17 bits per heavy atom. The van der Waals surface area contributed by atoms with E-state index in [1.54, 1.807) is 0 Å². The van der Waals surface area contributed by atoms with E-state index in [0.717, 1.165) is 6.42 Å². The molecule has 0 amide bonds. The molecule has 1 unspecified atom stereocenters. The molecular formula is C15H28F3N3O3. The van der Waals surface area contributed by atoms with Gasteiger partial charge >= 0.3 is 6.18 Å². The Morgan fingerprint density at radius 1 is 1.38 bits per heavy atom. The molecule has 1 aliphatic rings. The van der Waals surface area contributed by atoms with Crippen LogP contribution in [0.5, 0.6) is 0 Å². The largest absolute Gasteiger partial charge is 0.411 e. The third-order valence-corrected chi connectivity index (χ3v) is 3.77. The highest BCUT2D eigenvalue weighted by molar-refractivity contribution is 5.79. The summed E-state index contributed by atoms with van der Waals surface area (Å²) in [5, 5.41) is 15.4. The normalized spacial score (nSPS) is 22.0. The molecule has 0 bridgehead atoms. The predicted molar refractivity (Wildman–Crippen MR) is 85.0 cm³/mol. The van der Waals surface area contributed by atoms with Gasteiger partial charge in [-0.15, -0.1) is 0 Å². The molecule has 1 heterocycles. The highest BCUT2D eigenvalue weighted by atomic mass is 19.4. The molecule has 0 aromatic rings. The van der Waals surface area contributed by atoms with Crippen LogP contribution < -0.4 is 10.6 Å². The number of rotatable bonds is 10. The second kappa shape index (κ2) is 10.7. The number of guanidine groups is 1. The van der Waals surface area contributed by atoms with E-state index >= 15 is 0 Å². The summed E-state index contributed by atoms with van der Waals surface area (Å²) in [6.45, 7) is 3.79. The minimum absolute atomic E-state index is 0.0359. The third-order valence-electron chi connectivity index (χ3n) is 3.77. The minimum atomic E-state index is -4.28. The van der Waals surface area contributed by atoms with Crippen molar-refractivity contribution in [2.24, 2.45) is 10.4 Å². The van der Waals surface area contributed by atoms with Gasteiger partial charge in [0.25, 0.3) is 0 Å². The van der Waals surface area contributed by atoms with Gasteiger partial charge in [-0.2, -0.15) is 13.2 Å². The summed E-state index contributed by atoms with van der Waals surface area (Å²) in [4.78, 5) is 4.53. The summed E-state index contributed by atoms with van der Waals surface area (Å²) in [5.41, 5.74) is -0.132. The van der Waals surface area contributed by atoms with Gasteiger partial charge < -0.3 is 25.2 Å². The summed E-state index contributed by atoms with van der Waals surface area (Å²) < 4.78 is 45.8. The van der Waals surface area contributed by atoms with Crippen molar-refractivity contribution >= 4 is 5.96 Å². The van der Waals surface area contributed by atoms with Crippen molar-refractivity contribution in [1.29, 1.82) is 0 Å². The number of nitrogens with one attached hydrogen (secondary N) is 2. The Kier molecular flexibility index (Phi) is 9.38. The van der Waals surface area contributed by atoms with E-state index in [1.165, 1.54) is 0 Å². The Balaban J connectivity index is 2.34. The van der Waals surface area contributed by atoms with E-state index in [2.05, 4.69) is 20.4 Å². The number of aliphatic hydroxyl groups is 1. The zero-order valence-electron chi connectivity index (χ0n) is 14.1. The predicted octanol–water partition coefficient (Wildman–Crippen LogP) is 1.30. The first kappa shape index (κ1) is 21.0. The van der Waals surface area contributed by atoms with Crippen LogP contribution in [-0.4, -0.2) is 69.9 Å². The van der Waals surface area contributed by atoms with E-state index in [4.69, 9.17) is 4.74 Å². The molecule has 6 nitrogen and oxygen atoms in total. The number of ether oxygens (including phenoxy) is 2. The summed E-state index contributed by atoms with van der Waals surface area (Å²) in [7, 11) is 0. The van der Waals surface area contributed by atoms with Crippen LogP contribution in [0, 0.1) is 5.41 Å². The molecule has 1 rings (SSSR count). The molecule has 9 heteroatoms. The summed E-state index contributed by atoms with van der Waals surface area (Å²) >= 11 is 0. The van der Waals surface area contributed by atoms with Crippen molar-refractivity contribution in [3.63, 3.8) is 0 Å². The molecule has 0 spiro atoms. The van der Waals surface area contributed by atoms with E-state index < -0.39 is 12.8 Å². The number of hydrogen-bond acceptors (Lipinski definition) is 4. The lowest BCUT2D eigenvalue weighted by atomic mass is 9.84. The number of nitrogens with zero attached hydrogens (tertiary/aromatic N) is 1. The van der Waals surface area contributed by atoms with Crippen molar-refractivity contribution in [3.05, 3.63) is 0 Å². The molecule has 1 saturated heterocycles. The van der Waals surface area contributed by atoms with Crippen molar-refractivity contribution in [1.82, 2.24) is 10.6 Å². The van der Waals surface area contributed by atoms with Crippen LogP contribution in [0.25, 0.3) is 0 Å². The fourth-order valence-corrected chi connectivity index (χ4v) is 2.45. The zero-order valence-corrected chi connectivity index (χ0v) is 14.1. The van der Waals surface area contributed by atoms with Gasteiger partial charge in [0.15, 0.2) is 5.96 Å². The highest BCUT2D eigenvalue weighted by Crippen LogP contribution is 2.32. The highest BCUT2D eigenvalue weighted by Gasteiger charge is 2.34. The van der Waals surface area contributed by atoms with Crippen LogP contribution in [0.4, 0.5) is 13.2 Å². The maximum atomic E-state index is 11.9. The van der Waals surface area contributed by atoms with Gasteiger partial charge in [0.05, 0.1) is 13.2 Å². The van der Waals surface area contributed by atoms with E-state index in [1.807, 2.05) is 6.92 Å². The molecule has 0 aromatic heterocycles. The second-order valence-corrected chi connectivity index (χ2v) is 5.92. The van der Waals surface area contributed by atoms with Crippen LogP contribution in [0.2, 0.25) is 0 Å². The Hall–Kier alpha value is -1.06. The van der Waals surface area contributed by atoms with Crippen LogP contribution in [-0.2, 0) is 9.47 Å². The first-order chi connectivity index (χ1) is 11.4. The van der Waals surface area contributed by atoms with Gasteiger partial charge in [0, 0.05) is 38.3 Å². The van der Waals surface area contributed by atoms with Gasteiger partial charge in [0.1, 0.15) is 6.61 Å². The Bertz CT molecular complexity index is 373. The van der Waals surface area contributed by atoms with Crippen molar-refractivity contribution in [2.75, 3.05) is 52.7 Å². The standard InChI is InChI=1S/C15H28F3N3O3/c1-2-19-13(20-6-3-8-23-12-15(16,17)18)21-10-14(4-7-22)5-9-24-11-14/h22H,2-12H2,1H3,(H2,19,20,21). The zero-order chi connectivity index (χ0) is 17.9. The first-order valence-corrected chi connectivity index (χ1v) is 8.26. The maximum Gasteiger partial charge on any atom is 0.411 e. The Labute approximate surface area is 140 Å². The molecule has 24 heavy (non-hydrogen) atoms. The molecule has 0 aliphatic carbocycles. The molecule has 142 valence electrons. The molecule has 3 N–H and O–H groups in total.